The number of anilines is 1. The number of thiocarbonyl (C=S) groups is 1. The first-order chi connectivity index (χ1) is 11.5. The fourth-order valence-electron chi connectivity index (χ4n) is 2.71. The van der Waals surface area contributed by atoms with Crippen molar-refractivity contribution in [2.45, 2.75) is 20.3 Å². The molecular weight excluding hydrogens is 321 g/mol. The predicted molar refractivity (Wildman–Crippen MR) is 102 cm³/mol. The van der Waals surface area contributed by atoms with E-state index in [0.717, 1.165) is 34.1 Å². The highest BCUT2D eigenvalue weighted by Gasteiger charge is 2.06. The second-order valence-electron chi connectivity index (χ2n) is 5.95. The molecule has 0 radical (unpaired) electrons. The summed E-state index contributed by atoms with van der Waals surface area (Å²) in [5.41, 5.74) is 5.34. The Bertz CT molecular complexity index is 885. The second-order valence-corrected chi connectivity index (χ2v) is 6.36. The first-order valence-corrected chi connectivity index (χ1v) is 8.31. The van der Waals surface area contributed by atoms with Gasteiger partial charge in [0.1, 0.15) is 5.82 Å². The summed E-state index contributed by atoms with van der Waals surface area (Å²) in [6.07, 6.45) is 2.73. The number of rotatable bonds is 4. The van der Waals surface area contributed by atoms with Gasteiger partial charge in [-0.05, 0) is 73.4 Å². The fraction of sp³-hybridized carbons (Fsp3) is 0.211. The van der Waals surface area contributed by atoms with Crippen molar-refractivity contribution in [2.75, 3.05) is 11.9 Å². The van der Waals surface area contributed by atoms with Crippen LogP contribution < -0.4 is 10.6 Å². The number of H-pyrrole nitrogens is 1. The number of benzene rings is 2. The van der Waals surface area contributed by atoms with E-state index in [2.05, 4.69) is 47.7 Å². The third-order valence-electron chi connectivity index (χ3n) is 4.05. The number of aromatic nitrogens is 1. The Morgan fingerprint density at radius 2 is 2.00 bits per heavy atom. The molecule has 0 fully saturated rings. The number of hydrogen-bond donors (Lipinski definition) is 3. The summed E-state index contributed by atoms with van der Waals surface area (Å²) in [4.78, 5) is 3.10. The summed E-state index contributed by atoms with van der Waals surface area (Å²) in [5.74, 6) is -0.229. The maximum absolute atomic E-state index is 13.2. The Kier molecular flexibility index (Phi) is 4.81. The zero-order chi connectivity index (χ0) is 17.1. The number of fused-ring (bicyclic) bond motifs is 1. The highest BCUT2D eigenvalue weighted by Crippen LogP contribution is 2.19. The van der Waals surface area contributed by atoms with E-state index in [-0.39, 0.29) is 5.82 Å². The molecule has 3 nitrogen and oxygen atoms in total. The van der Waals surface area contributed by atoms with Crippen molar-refractivity contribution >= 4 is 33.9 Å². The van der Waals surface area contributed by atoms with E-state index < -0.39 is 0 Å². The summed E-state index contributed by atoms with van der Waals surface area (Å²) in [6.45, 7) is 4.82. The molecule has 1 heterocycles. The van der Waals surface area contributed by atoms with Crippen LogP contribution in [0.3, 0.4) is 0 Å². The van der Waals surface area contributed by atoms with Crippen molar-refractivity contribution < 1.29 is 4.39 Å². The van der Waals surface area contributed by atoms with Crippen LogP contribution in [-0.2, 0) is 6.42 Å². The van der Waals surface area contributed by atoms with E-state index in [1.807, 2.05) is 12.3 Å². The van der Waals surface area contributed by atoms with Gasteiger partial charge in [-0.2, -0.15) is 0 Å². The molecule has 1 aromatic heterocycles. The summed E-state index contributed by atoms with van der Waals surface area (Å²) < 4.78 is 13.2. The fourth-order valence-corrected chi connectivity index (χ4v) is 2.93. The van der Waals surface area contributed by atoms with Crippen LogP contribution in [0.4, 0.5) is 10.1 Å². The van der Waals surface area contributed by atoms with E-state index in [1.54, 1.807) is 0 Å². The van der Waals surface area contributed by atoms with Crippen LogP contribution in [0.15, 0.2) is 42.6 Å². The SMILES string of the molecule is Cc1ccc(C)c(NC(=S)NCCc2c[nH]c3cc(F)ccc23)c1. The Morgan fingerprint density at radius 1 is 1.17 bits per heavy atom. The molecule has 0 atom stereocenters. The molecule has 0 bridgehead atoms. The molecule has 5 heteroatoms. The Labute approximate surface area is 146 Å². The van der Waals surface area contributed by atoms with Gasteiger partial charge in [-0.25, -0.2) is 4.39 Å². The molecule has 3 N–H and O–H groups in total. The van der Waals surface area contributed by atoms with Crippen molar-refractivity contribution in [3.8, 4) is 0 Å². The lowest BCUT2D eigenvalue weighted by Gasteiger charge is -2.13. The number of aryl methyl sites for hydroxylation is 2. The van der Waals surface area contributed by atoms with Gasteiger partial charge in [-0.3, -0.25) is 0 Å². The zero-order valence-electron chi connectivity index (χ0n) is 13.7. The largest absolute Gasteiger partial charge is 0.362 e. The lowest BCUT2D eigenvalue weighted by atomic mass is 10.1. The molecule has 2 aromatic carbocycles. The molecule has 0 unspecified atom stereocenters. The molecule has 0 aliphatic heterocycles. The molecule has 3 rings (SSSR count). The van der Waals surface area contributed by atoms with E-state index in [9.17, 15) is 4.39 Å². The number of aromatic amines is 1. The second kappa shape index (κ2) is 7.01. The van der Waals surface area contributed by atoms with Gasteiger partial charge in [-0.15, -0.1) is 0 Å². The van der Waals surface area contributed by atoms with E-state index in [4.69, 9.17) is 12.2 Å². The average molecular weight is 341 g/mol. The molecule has 0 spiro atoms. The van der Waals surface area contributed by atoms with Gasteiger partial charge in [0.05, 0.1) is 0 Å². The van der Waals surface area contributed by atoms with Gasteiger partial charge in [0.2, 0.25) is 0 Å². The van der Waals surface area contributed by atoms with E-state index in [1.165, 1.54) is 17.7 Å². The lowest BCUT2D eigenvalue weighted by Crippen LogP contribution is -2.30. The highest BCUT2D eigenvalue weighted by atomic mass is 32.1. The van der Waals surface area contributed by atoms with Crippen LogP contribution in [-0.4, -0.2) is 16.6 Å². The smallest absolute Gasteiger partial charge is 0.170 e. The predicted octanol–water partition coefficient (Wildman–Crippen LogP) is 4.45. The van der Waals surface area contributed by atoms with Crippen LogP contribution in [0.2, 0.25) is 0 Å². The van der Waals surface area contributed by atoms with E-state index in [0.29, 0.717) is 11.7 Å². The van der Waals surface area contributed by atoms with Crippen molar-refractivity contribution in [3.63, 3.8) is 0 Å². The molecule has 0 saturated heterocycles. The van der Waals surface area contributed by atoms with Crippen molar-refractivity contribution in [1.29, 1.82) is 0 Å². The standard InChI is InChI=1S/C19H20FN3S/c1-12-3-4-13(2)17(9-12)23-19(24)21-8-7-14-11-22-18-10-15(20)5-6-16(14)18/h3-6,9-11,22H,7-8H2,1-2H3,(H2,21,23,24). The molecule has 3 aromatic rings. The maximum atomic E-state index is 13.2. The van der Waals surface area contributed by atoms with Crippen molar-refractivity contribution in [3.05, 3.63) is 65.1 Å². The van der Waals surface area contributed by atoms with Crippen LogP contribution in [0.25, 0.3) is 10.9 Å². The van der Waals surface area contributed by atoms with Crippen LogP contribution in [0.5, 0.6) is 0 Å². The molecule has 0 saturated carbocycles. The topological polar surface area (TPSA) is 39.8 Å². The quantitative estimate of drug-likeness (QED) is 0.614. The van der Waals surface area contributed by atoms with Gasteiger partial charge in [-0.1, -0.05) is 12.1 Å². The summed E-state index contributed by atoms with van der Waals surface area (Å²) >= 11 is 5.37. The number of halogens is 1. The highest BCUT2D eigenvalue weighted by molar-refractivity contribution is 7.80. The maximum Gasteiger partial charge on any atom is 0.170 e. The monoisotopic (exact) mass is 341 g/mol. The summed E-state index contributed by atoms with van der Waals surface area (Å²) in [6, 6.07) is 11.0. The first-order valence-electron chi connectivity index (χ1n) is 7.90. The Hall–Kier alpha value is -2.40. The lowest BCUT2D eigenvalue weighted by molar-refractivity contribution is 0.629. The third-order valence-corrected chi connectivity index (χ3v) is 4.30. The normalized spacial score (nSPS) is 10.8. The average Bonchev–Trinajstić information content (AvgIpc) is 2.93. The third kappa shape index (κ3) is 3.74. The van der Waals surface area contributed by atoms with Crippen LogP contribution in [0, 0.1) is 19.7 Å². The zero-order valence-corrected chi connectivity index (χ0v) is 14.6. The van der Waals surface area contributed by atoms with Crippen LogP contribution >= 0.6 is 12.2 Å². The molecule has 124 valence electrons. The molecular formula is C19H20FN3S. The minimum atomic E-state index is -0.229. The van der Waals surface area contributed by atoms with E-state index >= 15 is 0 Å². The van der Waals surface area contributed by atoms with Crippen molar-refractivity contribution in [1.82, 2.24) is 10.3 Å². The first kappa shape index (κ1) is 16.5. The summed E-state index contributed by atoms with van der Waals surface area (Å²) in [7, 11) is 0. The minimum Gasteiger partial charge on any atom is -0.362 e. The molecule has 24 heavy (non-hydrogen) atoms. The van der Waals surface area contributed by atoms with Crippen molar-refractivity contribution in [2.24, 2.45) is 0 Å². The van der Waals surface area contributed by atoms with Crippen LogP contribution in [0.1, 0.15) is 16.7 Å². The Morgan fingerprint density at radius 3 is 2.83 bits per heavy atom. The van der Waals surface area contributed by atoms with Gasteiger partial charge in [0.25, 0.3) is 0 Å². The van der Waals surface area contributed by atoms with Gasteiger partial charge in [0, 0.05) is 29.3 Å². The van der Waals surface area contributed by atoms with Gasteiger partial charge >= 0.3 is 0 Å². The molecule has 0 aliphatic rings. The van der Waals surface area contributed by atoms with Gasteiger partial charge < -0.3 is 15.6 Å². The molecule has 0 amide bonds. The minimum absolute atomic E-state index is 0.229. The molecule has 0 aliphatic carbocycles. The Balaban J connectivity index is 1.57. The number of nitrogens with one attached hydrogen (secondary N) is 3. The van der Waals surface area contributed by atoms with Gasteiger partial charge in [0.15, 0.2) is 5.11 Å². The summed E-state index contributed by atoms with van der Waals surface area (Å²) in [5, 5.41) is 8.12. The number of hydrogen-bond acceptors (Lipinski definition) is 1.